The molecule has 0 N–H and O–H groups in total. The normalized spacial score (nSPS) is 11.6. The second-order valence-corrected chi connectivity index (χ2v) is 5.41. The maximum Gasteiger partial charge on any atom is 0.349 e. The van der Waals surface area contributed by atoms with Crippen LogP contribution in [-0.4, -0.2) is 12.1 Å². The Morgan fingerprint density at radius 2 is 1.41 bits per heavy atom. The zero-order chi connectivity index (χ0) is 15.7. The molecule has 2 aromatic carbocycles. The molecule has 3 nitrogen and oxygen atoms in total. The molecule has 0 bridgehead atoms. The number of hydrogen-bond donors (Lipinski definition) is 0. The number of carbonyl (C=O) groups excluding carboxylic acids is 1. The highest BCUT2D eigenvalue weighted by atomic mass is 16.5. The summed E-state index contributed by atoms with van der Waals surface area (Å²) < 4.78 is 5.23. The highest BCUT2D eigenvalue weighted by Crippen LogP contribution is 2.45. The third kappa shape index (κ3) is 2.19. The van der Waals surface area contributed by atoms with Crippen LogP contribution in [-0.2, 0) is 9.53 Å². The number of benzene rings is 2. The van der Waals surface area contributed by atoms with E-state index in [1.165, 1.54) is 0 Å². The number of hydrogen-bond acceptors (Lipinski definition) is 3. The zero-order valence-corrected chi connectivity index (χ0v) is 12.5. The molecule has 0 unspecified atom stereocenters. The highest BCUT2D eigenvalue weighted by Gasteiger charge is 2.29. The van der Waals surface area contributed by atoms with Gasteiger partial charge in [0.25, 0.3) is 0 Å². The molecule has 1 aliphatic rings. The van der Waals surface area contributed by atoms with Crippen LogP contribution in [0.2, 0.25) is 0 Å². The lowest BCUT2D eigenvalue weighted by Gasteiger charge is -2.10. The summed E-state index contributed by atoms with van der Waals surface area (Å²) in [4.78, 5) is 12.3. The minimum atomic E-state index is -0.570. The van der Waals surface area contributed by atoms with Crippen LogP contribution in [0.5, 0.6) is 0 Å². The van der Waals surface area contributed by atoms with E-state index in [0.29, 0.717) is 5.57 Å². The molecule has 0 amide bonds. The van der Waals surface area contributed by atoms with Crippen molar-refractivity contribution in [3.05, 3.63) is 65.2 Å². The fourth-order valence-electron chi connectivity index (χ4n) is 2.76. The fraction of sp³-hybridized carbons (Fsp3) is 0.158. The molecule has 3 heteroatoms. The SMILES string of the molecule is CC(C)OC(=O)C(C#N)=C1c2ccccc2-c2ccccc21. The fourth-order valence-corrected chi connectivity index (χ4v) is 2.76. The monoisotopic (exact) mass is 289 g/mol. The van der Waals surface area contributed by atoms with E-state index in [1.807, 2.05) is 54.6 Å². The van der Waals surface area contributed by atoms with Crippen LogP contribution in [0.4, 0.5) is 0 Å². The summed E-state index contributed by atoms with van der Waals surface area (Å²) in [5, 5.41) is 9.51. The lowest BCUT2D eigenvalue weighted by atomic mass is 9.98. The van der Waals surface area contributed by atoms with Gasteiger partial charge in [-0.05, 0) is 36.1 Å². The first-order chi connectivity index (χ1) is 10.6. The summed E-state index contributed by atoms with van der Waals surface area (Å²) >= 11 is 0. The van der Waals surface area contributed by atoms with Crippen molar-refractivity contribution in [2.24, 2.45) is 0 Å². The Hall–Kier alpha value is -2.86. The molecule has 0 aliphatic heterocycles. The second-order valence-electron chi connectivity index (χ2n) is 5.41. The van der Waals surface area contributed by atoms with Crippen LogP contribution in [0.15, 0.2) is 54.1 Å². The van der Waals surface area contributed by atoms with Crippen LogP contribution >= 0.6 is 0 Å². The number of fused-ring (bicyclic) bond motifs is 3. The Morgan fingerprint density at radius 1 is 0.955 bits per heavy atom. The molecular formula is C19H15NO2. The highest BCUT2D eigenvalue weighted by molar-refractivity contribution is 6.12. The maximum absolute atomic E-state index is 12.3. The van der Waals surface area contributed by atoms with E-state index in [1.54, 1.807) is 13.8 Å². The predicted molar refractivity (Wildman–Crippen MR) is 84.7 cm³/mol. The molecule has 1 aliphatic carbocycles. The summed E-state index contributed by atoms with van der Waals surface area (Å²) in [5.74, 6) is -0.570. The Balaban J connectivity index is 2.28. The first-order valence-corrected chi connectivity index (χ1v) is 7.18. The largest absolute Gasteiger partial charge is 0.459 e. The number of ether oxygens (including phenoxy) is 1. The third-order valence-electron chi connectivity index (χ3n) is 3.59. The number of esters is 1. The van der Waals surface area contributed by atoms with Gasteiger partial charge in [0.05, 0.1) is 6.10 Å². The molecule has 0 saturated carbocycles. The first-order valence-electron chi connectivity index (χ1n) is 7.18. The van der Waals surface area contributed by atoms with Crippen LogP contribution in [0.3, 0.4) is 0 Å². The smallest absolute Gasteiger partial charge is 0.349 e. The third-order valence-corrected chi connectivity index (χ3v) is 3.59. The van der Waals surface area contributed by atoms with Crippen LogP contribution in [0.25, 0.3) is 16.7 Å². The molecule has 0 atom stereocenters. The maximum atomic E-state index is 12.3. The van der Waals surface area contributed by atoms with Gasteiger partial charge in [-0.1, -0.05) is 48.5 Å². The summed E-state index contributed by atoms with van der Waals surface area (Å²) in [6.07, 6.45) is -0.261. The predicted octanol–water partition coefficient (Wildman–Crippen LogP) is 3.94. The topological polar surface area (TPSA) is 50.1 Å². The van der Waals surface area contributed by atoms with Gasteiger partial charge in [-0.15, -0.1) is 0 Å². The van der Waals surface area contributed by atoms with Crippen molar-refractivity contribution in [3.63, 3.8) is 0 Å². The van der Waals surface area contributed by atoms with Gasteiger partial charge in [0, 0.05) is 5.57 Å². The molecule has 0 saturated heterocycles. The quantitative estimate of drug-likeness (QED) is 0.408. The number of rotatable bonds is 2. The number of nitriles is 1. The molecule has 2 aromatic rings. The average molecular weight is 289 g/mol. The van der Waals surface area contributed by atoms with Gasteiger partial charge in [-0.25, -0.2) is 4.79 Å². The molecular weight excluding hydrogens is 274 g/mol. The van der Waals surface area contributed by atoms with Crippen molar-refractivity contribution in [1.82, 2.24) is 0 Å². The zero-order valence-electron chi connectivity index (χ0n) is 12.5. The van der Waals surface area contributed by atoms with Crippen LogP contribution in [0.1, 0.15) is 25.0 Å². The Bertz CT molecular complexity index is 778. The lowest BCUT2D eigenvalue weighted by Crippen LogP contribution is -2.14. The van der Waals surface area contributed by atoms with E-state index in [4.69, 9.17) is 4.74 Å². The summed E-state index contributed by atoms with van der Waals surface area (Å²) in [5.41, 5.74) is 4.61. The van der Waals surface area contributed by atoms with Gasteiger partial charge in [-0.3, -0.25) is 0 Å². The Labute approximate surface area is 129 Å². The molecule has 0 aromatic heterocycles. The van der Waals surface area contributed by atoms with E-state index in [9.17, 15) is 10.1 Å². The minimum Gasteiger partial charge on any atom is -0.459 e. The second kappa shape index (κ2) is 5.50. The van der Waals surface area contributed by atoms with Gasteiger partial charge < -0.3 is 4.74 Å². The van der Waals surface area contributed by atoms with Crippen molar-refractivity contribution < 1.29 is 9.53 Å². The number of carbonyl (C=O) groups is 1. The average Bonchev–Trinajstić information content (AvgIpc) is 2.83. The minimum absolute atomic E-state index is 0.0612. The van der Waals surface area contributed by atoms with E-state index >= 15 is 0 Å². The molecule has 0 heterocycles. The summed E-state index contributed by atoms with van der Waals surface area (Å²) in [7, 11) is 0. The van der Waals surface area contributed by atoms with E-state index in [-0.39, 0.29) is 11.7 Å². The van der Waals surface area contributed by atoms with Crippen molar-refractivity contribution in [1.29, 1.82) is 5.26 Å². The number of nitrogens with zero attached hydrogens (tertiary/aromatic N) is 1. The van der Waals surface area contributed by atoms with Gasteiger partial charge in [-0.2, -0.15) is 5.26 Å². The molecule has 3 rings (SSSR count). The van der Waals surface area contributed by atoms with Crippen molar-refractivity contribution >= 4 is 11.5 Å². The molecule has 22 heavy (non-hydrogen) atoms. The lowest BCUT2D eigenvalue weighted by molar-refractivity contribution is -0.142. The molecule has 0 radical (unpaired) electrons. The Morgan fingerprint density at radius 3 is 1.82 bits per heavy atom. The summed E-state index contributed by atoms with van der Waals surface area (Å²) in [6, 6.07) is 17.6. The van der Waals surface area contributed by atoms with Gasteiger partial charge >= 0.3 is 5.97 Å². The van der Waals surface area contributed by atoms with Gasteiger partial charge in [0.1, 0.15) is 11.6 Å². The molecule has 108 valence electrons. The van der Waals surface area contributed by atoms with E-state index < -0.39 is 5.97 Å². The van der Waals surface area contributed by atoms with Crippen LogP contribution < -0.4 is 0 Å². The van der Waals surface area contributed by atoms with E-state index in [0.717, 1.165) is 22.3 Å². The summed E-state index contributed by atoms with van der Waals surface area (Å²) in [6.45, 7) is 3.54. The van der Waals surface area contributed by atoms with Crippen molar-refractivity contribution in [2.45, 2.75) is 20.0 Å². The van der Waals surface area contributed by atoms with E-state index in [2.05, 4.69) is 0 Å². The molecule has 0 spiro atoms. The molecule has 0 fully saturated rings. The van der Waals surface area contributed by atoms with Gasteiger partial charge in [0.15, 0.2) is 0 Å². The van der Waals surface area contributed by atoms with Crippen molar-refractivity contribution in [3.8, 4) is 17.2 Å². The Kier molecular flexibility index (Phi) is 3.52. The van der Waals surface area contributed by atoms with Crippen LogP contribution in [0, 0.1) is 11.3 Å². The first kappa shape index (κ1) is 14.1. The van der Waals surface area contributed by atoms with Crippen molar-refractivity contribution in [2.75, 3.05) is 0 Å². The standard InChI is InChI=1S/C19H15NO2/c1-12(2)22-19(21)17(11-20)18-15-9-5-3-7-13(15)14-8-4-6-10-16(14)18/h3-10,12H,1-2H3. The van der Waals surface area contributed by atoms with Gasteiger partial charge in [0.2, 0.25) is 0 Å².